The fourth-order valence-corrected chi connectivity index (χ4v) is 4.52. The van der Waals surface area contributed by atoms with Gasteiger partial charge in [-0.1, -0.05) is 48.5 Å². The summed E-state index contributed by atoms with van der Waals surface area (Å²) >= 11 is 0. The fraction of sp³-hybridized carbons (Fsp3) is 0.391. The second-order valence-corrected chi connectivity index (χ2v) is 10.0. The molecule has 2 rings (SSSR count). The summed E-state index contributed by atoms with van der Waals surface area (Å²) in [6, 6.07) is 14.0. The molecule has 0 radical (unpaired) electrons. The predicted molar refractivity (Wildman–Crippen MR) is 123 cm³/mol. The molecule has 0 aliphatic heterocycles. The highest BCUT2D eigenvalue weighted by Gasteiger charge is 2.28. The molecule has 2 aromatic carbocycles. The van der Waals surface area contributed by atoms with E-state index < -0.39 is 44.5 Å². The van der Waals surface area contributed by atoms with Gasteiger partial charge in [0.15, 0.2) is 9.84 Å². The molecule has 178 valence electrons. The standard InChI is InChI=1S/C23H28N2O7S/c1-17(2)32-23(27)15-20(19-12-6-7-13-21(19)25(28)29)24-22(26)16-33(30,31)14-8-11-18-9-4-3-5-10-18/h3-7,9-10,12-13,17,20H,8,11,14-16H2,1-2H3,(H,24,26). The third-order valence-corrected chi connectivity index (χ3v) is 6.31. The summed E-state index contributed by atoms with van der Waals surface area (Å²) in [5, 5.41) is 13.9. The van der Waals surface area contributed by atoms with Crippen LogP contribution in [0.3, 0.4) is 0 Å². The van der Waals surface area contributed by atoms with Crippen LogP contribution < -0.4 is 5.32 Å². The molecule has 0 fully saturated rings. The van der Waals surface area contributed by atoms with Crippen LogP contribution in [0.15, 0.2) is 54.6 Å². The van der Waals surface area contributed by atoms with E-state index in [4.69, 9.17) is 4.74 Å². The number of nitro groups is 1. The van der Waals surface area contributed by atoms with E-state index in [9.17, 15) is 28.1 Å². The number of para-hydroxylation sites is 1. The SMILES string of the molecule is CC(C)OC(=O)CC(NC(=O)CS(=O)(=O)CCCc1ccccc1)c1ccccc1[N+](=O)[O-]. The Morgan fingerprint density at radius 2 is 1.70 bits per heavy atom. The van der Waals surface area contributed by atoms with Crippen molar-refractivity contribution >= 4 is 27.4 Å². The van der Waals surface area contributed by atoms with Gasteiger partial charge in [0.2, 0.25) is 5.91 Å². The molecule has 0 bridgehead atoms. The normalized spacial score (nSPS) is 12.2. The van der Waals surface area contributed by atoms with Crippen molar-refractivity contribution in [2.75, 3.05) is 11.5 Å². The highest BCUT2D eigenvalue weighted by Crippen LogP contribution is 2.27. The van der Waals surface area contributed by atoms with Gasteiger partial charge in [-0.2, -0.15) is 0 Å². The Kier molecular flexibility index (Phi) is 9.53. The molecule has 0 saturated heterocycles. The molecule has 1 amide bonds. The Morgan fingerprint density at radius 3 is 2.33 bits per heavy atom. The molecule has 1 unspecified atom stereocenters. The van der Waals surface area contributed by atoms with Gasteiger partial charge in [-0.25, -0.2) is 8.42 Å². The molecule has 9 nitrogen and oxygen atoms in total. The van der Waals surface area contributed by atoms with Crippen LogP contribution in [-0.4, -0.2) is 42.8 Å². The summed E-state index contributed by atoms with van der Waals surface area (Å²) in [4.78, 5) is 35.5. The van der Waals surface area contributed by atoms with Crippen LogP contribution in [0, 0.1) is 10.1 Å². The van der Waals surface area contributed by atoms with Gasteiger partial charge in [0.25, 0.3) is 5.69 Å². The van der Waals surface area contributed by atoms with Crippen molar-refractivity contribution < 1.29 is 27.7 Å². The largest absolute Gasteiger partial charge is 0.463 e. The van der Waals surface area contributed by atoms with Gasteiger partial charge in [-0.3, -0.25) is 19.7 Å². The lowest BCUT2D eigenvalue weighted by Crippen LogP contribution is -2.36. The number of nitro benzene ring substituents is 1. The first kappa shape index (κ1) is 26.0. The van der Waals surface area contributed by atoms with E-state index in [2.05, 4.69) is 5.32 Å². The van der Waals surface area contributed by atoms with E-state index in [0.717, 1.165) is 5.56 Å². The van der Waals surface area contributed by atoms with Gasteiger partial charge in [-0.05, 0) is 32.3 Å². The second kappa shape index (κ2) is 12.1. The summed E-state index contributed by atoms with van der Waals surface area (Å²) in [7, 11) is -3.71. The zero-order chi connectivity index (χ0) is 24.4. The van der Waals surface area contributed by atoms with Crippen LogP contribution in [0.2, 0.25) is 0 Å². The van der Waals surface area contributed by atoms with Crippen molar-refractivity contribution in [3.8, 4) is 0 Å². The van der Waals surface area contributed by atoms with Crippen LogP contribution in [-0.2, 0) is 30.6 Å². The number of esters is 1. The molecule has 0 aliphatic carbocycles. The van der Waals surface area contributed by atoms with Crippen LogP contribution in [0.4, 0.5) is 5.69 Å². The van der Waals surface area contributed by atoms with Gasteiger partial charge in [0, 0.05) is 6.07 Å². The van der Waals surface area contributed by atoms with E-state index in [1.807, 2.05) is 30.3 Å². The maximum absolute atomic E-state index is 12.5. The van der Waals surface area contributed by atoms with E-state index in [1.165, 1.54) is 24.3 Å². The smallest absolute Gasteiger partial charge is 0.308 e. The number of nitrogens with one attached hydrogen (secondary N) is 1. The summed E-state index contributed by atoms with van der Waals surface area (Å²) in [6.45, 7) is 3.30. The molecule has 1 atom stereocenters. The lowest BCUT2D eigenvalue weighted by molar-refractivity contribution is -0.385. The molecule has 0 saturated carbocycles. The molecule has 10 heteroatoms. The Morgan fingerprint density at radius 1 is 1.06 bits per heavy atom. The summed E-state index contributed by atoms with van der Waals surface area (Å²) in [6.07, 6.45) is 0.128. The molecular weight excluding hydrogens is 448 g/mol. The zero-order valence-electron chi connectivity index (χ0n) is 18.6. The molecule has 1 N–H and O–H groups in total. The van der Waals surface area contributed by atoms with Gasteiger partial charge in [0.05, 0.1) is 34.8 Å². The Labute approximate surface area is 193 Å². The van der Waals surface area contributed by atoms with Crippen molar-refractivity contribution in [2.24, 2.45) is 0 Å². The summed E-state index contributed by atoms with van der Waals surface area (Å²) < 4.78 is 30.0. The number of rotatable bonds is 12. The lowest BCUT2D eigenvalue weighted by atomic mass is 10.0. The first-order valence-corrected chi connectivity index (χ1v) is 12.4. The van der Waals surface area contributed by atoms with Gasteiger partial charge in [-0.15, -0.1) is 0 Å². The fourth-order valence-electron chi connectivity index (χ4n) is 3.31. The maximum atomic E-state index is 12.5. The molecule has 0 heterocycles. The number of aryl methyl sites for hydroxylation is 1. The third kappa shape index (κ3) is 9.01. The highest BCUT2D eigenvalue weighted by atomic mass is 32.2. The Hall–Kier alpha value is -3.27. The lowest BCUT2D eigenvalue weighted by Gasteiger charge is -2.19. The number of ether oxygens (including phenoxy) is 1. The number of nitrogens with zero attached hydrogens (tertiary/aromatic N) is 1. The van der Waals surface area contributed by atoms with Crippen molar-refractivity contribution in [3.05, 3.63) is 75.8 Å². The van der Waals surface area contributed by atoms with E-state index in [-0.39, 0.29) is 23.4 Å². The van der Waals surface area contributed by atoms with Crippen molar-refractivity contribution in [2.45, 2.75) is 45.3 Å². The summed E-state index contributed by atoms with van der Waals surface area (Å²) in [5.74, 6) is -2.46. The van der Waals surface area contributed by atoms with Crippen molar-refractivity contribution in [3.63, 3.8) is 0 Å². The first-order chi connectivity index (χ1) is 15.6. The molecule has 0 spiro atoms. The quantitative estimate of drug-likeness (QED) is 0.283. The molecule has 33 heavy (non-hydrogen) atoms. The average molecular weight is 477 g/mol. The number of hydrogen-bond acceptors (Lipinski definition) is 7. The Bertz CT molecular complexity index is 1070. The van der Waals surface area contributed by atoms with Gasteiger partial charge >= 0.3 is 5.97 Å². The second-order valence-electron chi connectivity index (χ2n) is 7.86. The van der Waals surface area contributed by atoms with Gasteiger partial charge in [0.1, 0.15) is 5.75 Å². The number of carbonyl (C=O) groups is 2. The van der Waals surface area contributed by atoms with Crippen LogP contribution in [0.25, 0.3) is 0 Å². The van der Waals surface area contributed by atoms with Crippen LogP contribution >= 0.6 is 0 Å². The van der Waals surface area contributed by atoms with Crippen LogP contribution in [0.5, 0.6) is 0 Å². The number of carbonyl (C=O) groups excluding carboxylic acids is 2. The van der Waals surface area contributed by atoms with Crippen molar-refractivity contribution in [1.82, 2.24) is 5.32 Å². The van der Waals surface area contributed by atoms with E-state index in [1.54, 1.807) is 13.8 Å². The topological polar surface area (TPSA) is 133 Å². The number of hydrogen-bond donors (Lipinski definition) is 1. The minimum Gasteiger partial charge on any atom is -0.463 e. The zero-order valence-corrected chi connectivity index (χ0v) is 19.4. The first-order valence-electron chi connectivity index (χ1n) is 10.5. The number of amides is 1. The monoisotopic (exact) mass is 476 g/mol. The minimum atomic E-state index is -3.71. The van der Waals surface area contributed by atoms with Crippen LogP contribution in [0.1, 0.15) is 43.9 Å². The summed E-state index contributed by atoms with van der Waals surface area (Å²) in [5.41, 5.74) is 0.807. The minimum absolute atomic E-state index is 0.0954. The molecule has 0 aliphatic rings. The van der Waals surface area contributed by atoms with Gasteiger partial charge < -0.3 is 10.1 Å². The average Bonchev–Trinajstić information content (AvgIpc) is 2.72. The number of sulfone groups is 1. The Balaban J connectivity index is 2.08. The predicted octanol–water partition coefficient (Wildman–Crippen LogP) is 3.14. The number of benzene rings is 2. The third-order valence-electron chi connectivity index (χ3n) is 4.70. The molecule has 2 aromatic rings. The molecule has 0 aromatic heterocycles. The maximum Gasteiger partial charge on any atom is 0.308 e. The highest BCUT2D eigenvalue weighted by molar-refractivity contribution is 7.92. The van der Waals surface area contributed by atoms with E-state index >= 15 is 0 Å². The van der Waals surface area contributed by atoms with E-state index in [0.29, 0.717) is 12.8 Å². The molecular formula is C23H28N2O7S. The van der Waals surface area contributed by atoms with Crippen molar-refractivity contribution in [1.29, 1.82) is 0 Å².